The highest BCUT2D eigenvalue weighted by molar-refractivity contribution is 9.11. The van der Waals surface area contributed by atoms with E-state index in [2.05, 4.69) is 47.8 Å². The Morgan fingerprint density at radius 2 is 1.69 bits per heavy atom. The van der Waals surface area contributed by atoms with Crippen LogP contribution in [0, 0.1) is 0 Å². The van der Waals surface area contributed by atoms with Crippen LogP contribution in [0.2, 0.25) is 0 Å². The maximum atomic E-state index is 11.6. The minimum absolute atomic E-state index is 0.180. The molecule has 13 heavy (non-hydrogen) atoms. The third-order valence-corrected chi connectivity index (χ3v) is 3.01. The first-order chi connectivity index (χ1) is 6.06. The maximum absolute atomic E-state index is 11.6. The Kier molecular flexibility index (Phi) is 3.94. The van der Waals surface area contributed by atoms with Crippen molar-refractivity contribution in [3.05, 3.63) is 35.8 Å². The van der Waals surface area contributed by atoms with Crippen molar-refractivity contribution in [3.63, 3.8) is 0 Å². The van der Waals surface area contributed by atoms with Gasteiger partial charge in [-0.15, -0.1) is 0 Å². The maximum Gasteiger partial charge on any atom is 0.235 e. The number of halogens is 3. The second-order valence-corrected chi connectivity index (χ2v) is 4.86. The first-order valence-corrected chi connectivity index (χ1v) is 5.67. The quantitative estimate of drug-likeness (QED) is 0.755. The lowest BCUT2D eigenvalue weighted by atomic mass is 10.5. The fourth-order valence-corrected chi connectivity index (χ4v) is 2.91. The van der Waals surface area contributed by atoms with Gasteiger partial charge in [0.2, 0.25) is 5.43 Å². The average Bonchev–Trinajstić information content (AvgIpc) is 2.11. The Labute approximate surface area is 101 Å². The van der Waals surface area contributed by atoms with Gasteiger partial charge in [0.15, 0.2) is 5.75 Å². The Bertz CT molecular complexity index is 390. The molecule has 1 aromatic carbocycles. The van der Waals surface area contributed by atoms with E-state index in [9.17, 15) is 4.79 Å². The Morgan fingerprint density at radius 3 is 2.23 bits per heavy atom. The lowest BCUT2D eigenvalue weighted by Gasteiger charge is -1.95. The minimum Gasteiger partial charge on any atom is -0.492 e. The van der Waals surface area contributed by atoms with Gasteiger partial charge in [-0.05, 0) is 44.0 Å². The van der Waals surface area contributed by atoms with Crippen LogP contribution < -0.4 is 10.2 Å². The van der Waals surface area contributed by atoms with E-state index < -0.39 is 0 Å². The molecule has 0 aromatic heterocycles. The highest BCUT2D eigenvalue weighted by atomic mass is 79.9. The van der Waals surface area contributed by atoms with Crippen LogP contribution in [-0.4, -0.2) is 7.11 Å². The van der Waals surface area contributed by atoms with Crippen molar-refractivity contribution in [2.75, 3.05) is 7.11 Å². The predicted molar refractivity (Wildman–Crippen MR) is 62.4 cm³/mol. The van der Waals surface area contributed by atoms with Crippen LogP contribution in [0.25, 0.3) is 0 Å². The van der Waals surface area contributed by atoms with Gasteiger partial charge in [0.05, 0.1) is 16.1 Å². The van der Waals surface area contributed by atoms with Gasteiger partial charge in [-0.2, -0.15) is 0 Å². The molecule has 0 saturated carbocycles. The number of hydrogen-bond donors (Lipinski definition) is 0. The highest BCUT2D eigenvalue weighted by Gasteiger charge is 2.07. The van der Waals surface area contributed by atoms with Crippen LogP contribution in [0.3, 0.4) is 0 Å². The molecular formula is C8H5Br3O2. The van der Waals surface area contributed by atoms with Gasteiger partial charge in [0.25, 0.3) is 0 Å². The lowest BCUT2D eigenvalue weighted by molar-refractivity contribution is 0.408. The van der Waals surface area contributed by atoms with Crippen LogP contribution in [-0.2, 0) is 0 Å². The zero-order chi connectivity index (χ0) is 10.0. The molecule has 0 fully saturated rings. The molecule has 0 aliphatic rings. The van der Waals surface area contributed by atoms with Crippen LogP contribution >= 0.6 is 47.8 Å². The normalized spacial score (nSPS) is 9.85. The molecule has 0 aliphatic carbocycles. The third kappa shape index (κ3) is 2.54. The number of methoxy groups -OCH3 is 1. The zero-order valence-electron chi connectivity index (χ0n) is 6.61. The Balaban J connectivity index is 3.64. The van der Waals surface area contributed by atoms with Crippen LogP contribution in [0.4, 0.5) is 0 Å². The van der Waals surface area contributed by atoms with Crippen LogP contribution in [0.5, 0.6) is 5.75 Å². The summed E-state index contributed by atoms with van der Waals surface area (Å²) >= 11 is 9.69. The van der Waals surface area contributed by atoms with Crippen molar-refractivity contribution >= 4 is 47.8 Å². The summed E-state index contributed by atoms with van der Waals surface area (Å²) in [4.78, 5) is 11.6. The second-order valence-electron chi connectivity index (χ2n) is 2.23. The Hall–Kier alpha value is 0.130. The van der Waals surface area contributed by atoms with Gasteiger partial charge < -0.3 is 4.74 Å². The minimum atomic E-state index is -0.180. The summed E-state index contributed by atoms with van der Waals surface area (Å²) in [6.07, 6.45) is 0. The standard InChI is InChI=1S/C8H5Br3O2/c1-13-8-6(11)3-4(9)2-5(10)7(8)12/h2-3H,1H3. The van der Waals surface area contributed by atoms with E-state index in [0.29, 0.717) is 8.95 Å². The molecule has 0 unspecified atom stereocenters. The summed E-state index contributed by atoms with van der Waals surface area (Å²) in [5, 5.41) is 0. The average molecular weight is 373 g/mol. The Morgan fingerprint density at radius 1 is 1.15 bits per heavy atom. The molecule has 2 nitrogen and oxygen atoms in total. The molecule has 0 atom stereocenters. The van der Waals surface area contributed by atoms with Gasteiger partial charge in [-0.1, -0.05) is 15.9 Å². The second kappa shape index (κ2) is 4.57. The molecule has 0 bridgehead atoms. The van der Waals surface area contributed by atoms with E-state index in [1.54, 1.807) is 12.1 Å². The van der Waals surface area contributed by atoms with Crippen LogP contribution in [0.15, 0.2) is 30.3 Å². The lowest BCUT2D eigenvalue weighted by Crippen LogP contribution is -2.03. The van der Waals surface area contributed by atoms with Crippen molar-refractivity contribution in [1.82, 2.24) is 0 Å². The summed E-state index contributed by atoms with van der Waals surface area (Å²) in [6, 6.07) is 3.43. The van der Waals surface area contributed by atoms with Crippen molar-refractivity contribution in [1.29, 1.82) is 0 Å². The largest absolute Gasteiger partial charge is 0.492 e. The van der Waals surface area contributed by atoms with Gasteiger partial charge in [-0.25, -0.2) is 0 Å². The van der Waals surface area contributed by atoms with Crippen molar-refractivity contribution in [2.45, 2.75) is 0 Å². The van der Waals surface area contributed by atoms with Gasteiger partial charge in [0.1, 0.15) is 0 Å². The summed E-state index contributed by atoms with van der Waals surface area (Å²) in [7, 11) is 1.46. The highest BCUT2D eigenvalue weighted by Crippen LogP contribution is 2.25. The zero-order valence-corrected chi connectivity index (χ0v) is 11.4. The van der Waals surface area contributed by atoms with Gasteiger partial charge in [-0.3, -0.25) is 4.79 Å². The third-order valence-electron chi connectivity index (χ3n) is 1.37. The molecule has 0 spiro atoms. The van der Waals surface area contributed by atoms with Crippen molar-refractivity contribution in [2.24, 2.45) is 0 Å². The van der Waals surface area contributed by atoms with Gasteiger partial charge in [0, 0.05) is 4.47 Å². The number of ether oxygens (including phenoxy) is 1. The summed E-state index contributed by atoms with van der Waals surface area (Å²) in [6.45, 7) is 0. The molecule has 0 saturated heterocycles. The van der Waals surface area contributed by atoms with Crippen LogP contribution in [0.1, 0.15) is 0 Å². The monoisotopic (exact) mass is 370 g/mol. The van der Waals surface area contributed by atoms with Crippen molar-refractivity contribution < 1.29 is 4.74 Å². The van der Waals surface area contributed by atoms with E-state index in [-0.39, 0.29) is 11.2 Å². The summed E-state index contributed by atoms with van der Waals surface area (Å²) in [5.74, 6) is 0.289. The molecule has 1 rings (SSSR count). The predicted octanol–water partition coefficient (Wildman–Crippen LogP) is 3.34. The number of hydrogen-bond acceptors (Lipinski definition) is 2. The molecule has 1 aromatic rings. The molecule has 0 N–H and O–H groups in total. The van der Waals surface area contributed by atoms with E-state index in [1.807, 2.05) is 0 Å². The molecule has 0 aliphatic heterocycles. The first-order valence-electron chi connectivity index (χ1n) is 3.29. The molecule has 70 valence electrons. The SMILES string of the molecule is COc1c(Br)cc(Br)cc(Br)c1=O. The molecule has 0 radical (unpaired) electrons. The van der Waals surface area contributed by atoms with E-state index in [0.717, 1.165) is 4.47 Å². The summed E-state index contributed by atoms with van der Waals surface area (Å²) < 4.78 is 6.84. The fraction of sp³-hybridized carbons (Fsp3) is 0.125. The topological polar surface area (TPSA) is 26.3 Å². The summed E-state index contributed by atoms with van der Waals surface area (Å²) in [5.41, 5.74) is -0.180. The smallest absolute Gasteiger partial charge is 0.235 e. The van der Waals surface area contributed by atoms with E-state index in [4.69, 9.17) is 4.74 Å². The molecule has 0 heterocycles. The number of rotatable bonds is 1. The fourth-order valence-electron chi connectivity index (χ4n) is 0.822. The molecule has 5 heteroatoms. The van der Waals surface area contributed by atoms with Gasteiger partial charge >= 0.3 is 0 Å². The van der Waals surface area contributed by atoms with E-state index >= 15 is 0 Å². The van der Waals surface area contributed by atoms with Crippen molar-refractivity contribution in [3.8, 4) is 5.75 Å². The molecular weight excluding hydrogens is 368 g/mol. The first kappa shape index (κ1) is 11.2. The molecule has 0 amide bonds. The van der Waals surface area contributed by atoms with E-state index in [1.165, 1.54) is 7.11 Å².